The number of rotatable bonds is 6. The van der Waals surface area contributed by atoms with Crippen molar-refractivity contribution in [1.82, 2.24) is 9.47 Å². The number of ether oxygens (including phenoxy) is 2. The Kier molecular flexibility index (Phi) is 7.11. The van der Waals surface area contributed by atoms with Crippen molar-refractivity contribution in [2.24, 2.45) is 5.92 Å². The van der Waals surface area contributed by atoms with E-state index in [-0.39, 0.29) is 47.5 Å². The molecular weight excluding hydrogens is 427 g/mol. The molecule has 0 spiro atoms. The van der Waals surface area contributed by atoms with E-state index in [2.05, 4.69) is 0 Å². The lowest BCUT2D eigenvalue weighted by atomic mass is 10.1. The Balaban J connectivity index is 1.57. The molecule has 1 aliphatic heterocycles. The van der Waals surface area contributed by atoms with Gasteiger partial charge in [0.05, 0.1) is 13.7 Å². The van der Waals surface area contributed by atoms with Crippen LogP contribution < -0.4 is 10.3 Å². The monoisotopic (exact) mass is 456 g/mol. The lowest BCUT2D eigenvalue weighted by Gasteiger charge is -2.23. The molecule has 2 aliphatic rings. The summed E-state index contributed by atoms with van der Waals surface area (Å²) in [6.45, 7) is 1.26. The van der Waals surface area contributed by atoms with E-state index in [1.54, 1.807) is 18.2 Å². The second-order valence-corrected chi connectivity index (χ2v) is 8.56. The zero-order valence-electron chi connectivity index (χ0n) is 18.8. The fraction of sp³-hybridized carbons (Fsp3) is 0.480. The van der Waals surface area contributed by atoms with Gasteiger partial charge in [-0.05, 0) is 24.5 Å². The van der Waals surface area contributed by atoms with Crippen LogP contribution in [0.15, 0.2) is 35.1 Å². The van der Waals surface area contributed by atoms with Gasteiger partial charge in [-0.2, -0.15) is 0 Å². The van der Waals surface area contributed by atoms with Crippen LogP contribution in [0.25, 0.3) is 0 Å². The molecule has 1 aliphatic carbocycles. The third kappa shape index (κ3) is 4.94. The fourth-order valence-electron chi connectivity index (χ4n) is 4.81. The molecule has 0 radical (unpaired) electrons. The smallest absolute Gasteiger partial charge is 0.343 e. The molecule has 33 heavy (non-hydrogen) atoms. The quantitative estimate of drug-likeness (QED) is 0.625. The second kappa shape index (κ2) is 10.2. The Hall–Kier alpha value is -3.16. The van der Waals surface area contributed by atoms with Gasteiger partial charge in [-0.15, -0.1) is 0 Å². The zero-order chi connectivity index (χ0) is 23.4. The number of hydrogen-bond acceptors (Lipinski definition) is 5. The number of amides is 1. The molecular formula is C25H29FN2O5. The van der Waals surface area contributed by atoms with Crippen LogP contribution in [-0.2, 0) is 28.9 Å². The van der Waals surface area contributed by atoms with Crippen molar-refractivity contribution in [1.29, 1.82) is 0 Å². The van der Waals surface area contributed by atoms with Gasteiger partial charge in [-0.25, -0.2) is 9.18 Å². The van der Waals surface area contributed by atoms with Crippen LogP contribution in [0.3, 0.4) is 0 Å². The molecule has 0 atom stereocenters. The zero-order valence-corrected chi connectivity index (χ0v) is 18.8. The maximum absolute atomic E-state index is 13.9. The van der Waals surface area contributed by atoms with Crippen LogP contribution in [0.2, 0.25) is 0 Å². The van der Waals surface area contributed by atoms with E-state index in [0.29, 0.717) is 37.3 Å². The highest BCUT2D eigenvalue weighted by atomic mass is 19.1. The first-order valence-corrected chi connectivity index (χ1v) is 11.5. The number of benzene rings is 1. The summed E-state index contributed by atoms with van der Waals surface area (Å²) in [5.74, 6) is -0.613. The summed E-state index contributed by atoms with van der Waals surface area (Å²) in [5.41, 5.74) is 0.899. The lowest BCUT2D eigenvalue weighted by molar-refractivity contribution is -0.135. The first-order valence-electron chi connectivity index (χ1n) is 11.5. The van der Waals surface area contributed by atoms with Crippen molar-refractivity contribution in [3.63, 3.8) is 0 Å². The SMILES string of the molecule is COC(=O)c1c(OCCc2ccccc2F)cc(=O)n2c1CCN(C(=O)C1CCCC1)CC2. The third-order valence-electron chi connectivity index (χ3n) is 6.59. The average Bonchev–Trinajstić information content (AvgIpc) is 3.26. The number of hydrogen-bond donors (Lipinski definition) is 0. The molecule has 1 amide bonds. The number of nitrogens with zero attached hydrogens (tertiary/aromatic N) is 2. The number of esters is 1. The Bertz CT molecular complexity index is 1090. The predicted molar refractivity (Wildman–Crippen MR) is 120 cm³/mol. The third-order valence-corrected chi connectivity index (χ3v) is 6.59. The topological polar surface area (TPSA) is 77.8 Å². The first-order chi connectivity index (χ1) is 16.0. The first kappa shape index (κ1) is 23.0. The van der Waals surface area contributed by atoms with Gasteiger partial charge in [0.2, 0.25) is 5.91 Å². The number of carbonyl (C=O) groups excluding carboxylic acids is 2. The summed E-state index contributed by atoms with van der Waals surface area (Å²) in [6.07, 6.45) is 4.61. The molecule has 0 unspecified atom stereocenters. The van der Waals surface area contributed by atoms with Crippen molar-refractivity contribution in [2.75, 3.05) is 26.8 Å². The molecule has 2 heterocycles. The normalized spacial score (nSPS) is 16.2. The standard InChI is InChI=1S/C25H29FN2O5/c1-32-25(31)23-20-10-12-27(24(30)18-7-2-3-8-18)13-14-28(20)22(29)16-21(23)33-15-11-17-6-4-5-9-19(17)26/h4-6,9,16,18H,2-3,7-8,10-15H2,1H3. The Labute approximate surface area is 192 Å². The molecule has 2 aromatic rings. The number of pyridine rings is 1. The van der Waals surface area contributed by atoms with Crippen LogP contribution in [-0.4, -0.2) is 48.1 Å². The molecule has 7 nitrogen and oxygen atoms in total. The Morgan fingerprint density at radius 1 is 1.12 bits per heavy atom. The summed E-state index contributed by atoms with van der Waals surface area (Å²) in [5, 5.41) is 0. The Morgan fingerprint density at radius 2 is 1.88 bits per heavy atom. The number of aromatic nitrogens is 1. The highest BCUT2D eigenvalue weighted by molar-refractivity contribution is 5.93. The van der Waals surface area contributed by atoms with Gasteiger partial charge in [-0.3, -0.25) is 9.59 Å². The van der Waals surface area contributed by atoms with Crippen molar-refractivity contribution in [3.8, 4) is 5.75 Å². The minimum absolute atomic E-state index is 0.0558. The summed E-state index contributed by atoms with van der Waals surface area (Å²) < 4.78 is 26.2. The van der Waals surface area contributed by atoms with Gasteiger partial charge in [0.1, 0.15) is 17.1 Å². The van der Waals surface area contributed by atoms with E-state index in [1.165, 1.54) is 23.8 Å². The van der Waals surface area contributed by atoms with Gasteiger partial charge < -0.3 is 18.9 Å². The maximum atomic E-state index is 13.9. The van der Waals surface area contributed by atoms with Crippen molar-refractivity contribution < 1.29 is 23.5 Å². The lowest BCUT2D eigenvalue weighted by Crippen LogP contribution is -2.37. The number of halogens is 1. The fourth-order valence-corrected chi connectivity index (χ4v) is 4.81. The molecule has 0 N–H and O–H groups in total. The molecule has 4 rings (SSSR count). The van der Waals surface area contributed by atoms with Gasteiger partial charge in [-0.1, -0.05) is 31.0 Å². The molecule has 1 aromatic heterocycles. The predicted octanol–water partition coefficient (Wildman–Crippen LogP) is 2.97. The van der Waals surface area contributed by atoms with Crippen LogP contribution >= 0.6 is 0 Å². The van der Waals surface area contributed by atoms with Crippen LogP contribution in [0.5, 0.6) is 5.75 Å². The van der Waals surface area contributed by atoms with Crippen LogP contribution in [0, 0.1) is 11.7 Å². The minimum Gasteiger partial charge on any atom is -0.492 e. The van der Waals surface area contributed by atoms with Gasteiger partial charge in [0.25, 0.3) is 5.56 Å². The highest BCUT2D eigenvalue weighted by Crippen LogP contribution is 2.28. The van der Waals surface area contributed by atoms with Gasteiger partial charge in [0, 0.05) is 50.2 Å². The summed E-state index contributed by atoms with van der Waals surface area (Å²) >= 11 is 0. The van der Waals surface area contributed by atoms with Gasteiger partial charge in [0.15, 0.2) is 0 Å². The summed E-state index contributed by atoms with van der Waals surface area (Å²) in [7, 11) is 1.28. The van der Waals surface area contributed by atoms with Gasteiger partial charge >= 0.3 is 5.97 Å². The minimum atomic E-state index is -0.602. The molecule has 0 saturated heterocycles. The van der Waals surface area contributed by atoms with Crippen LogP contribution in [0.1, 0.15) is 47.3 Å². The highest BCUT2D eigenvalue weighted by Gasteiger charge is 2.31. The summed E-state index contributed by atoms with van der Waals surface area (Å²) in [4.78, 5) is 40.3. The number of fused-ring (bicyclic) bond motifs is 1. The molecule has 1 saturated carbocycles. The van der Waals surface area contributed by atoms with E-state index in [4.69, 9.17) is 9.47 Å². The molecule has 176 valence electrons. The van der Waals surface area contributed by atoms with E-state index in [0.717, 1.165) is 25.7 Å². The maximum Gasteiger partial charge on any atom is 0.343 e. The molecule has 1 fully saturated rings. The summed E-state index contributed by atoms with van der Waals surface area (Å²) in [6, 6.07) is 7.69. The molecule has 1 aromatic carbocycles. The average molecular weight is 457 g/mol. The Morgan fingerprint density at radius 3 is 2.61 bits per heavy atom. The van der Waals surface area contributed by atoms with E-state index >= 15 is 0 Å². The van der Waals surface area contributed by atoms with E-state index < -0.39 is 5.97 Å². The van der Waals surface area contributed by atoms with E-state index in [1.807, 2.05) is 4.90 Å². The molecule has 8 heteroatoms. The molecule has 0 bridgehead atoms. The largest absolute Gasteiger partial charge is 0.492 e. The van der Waals surface area contributed by atoms with E-state index in [9.17, 15) is 18.8 Å². The van der Waals surface area contributed by atoms with Crippen molar-refractivity contribution in [3.05, 3.63) is 63.3 Å². The number of methoxy groups -OCH3 is 1. The van der Waals surface area contributed by atoms with Crippen LogP contribution in [0.4, 0.5) is 4.39 Å². The van der Waals surface area contributed by atoms with Crippen molar-refractivity contribution in [2.45, 2.75) is 45.1 Å². The van der Waals surface area contributed by atoms with Crippen molar-refractivity contribution >= 4 is 11.9 Å². The second-order valence-electron chi connectivity index (χ2n) is 8.56. The number of carbonyl (C=O) groups is 2.